The van der Waals surface area contributed by atoms with Crippen LogP contribution in [0.2, 0.25) is 0 Å². The van der Waals surface area contributed by atoms with Crippen molar-refractivity contribution in [3.8, 4) is 17.3 Å². The van der Waals surface area contributed by atoms with Gasteiger partial charge in [-0.1, -0.05) is 18.2 Å². The minimum atomic E-state index is -4.23. The Morgan fingerprint density at radius 3 is 2.21 bits per heavy atom. The predicted octanol–water partition coefficient (Wildman–Crippen LogP) is 1.59. The average molecular weight is 346 g/mol. The van der Waals surface area contributed by atoms with E-state index in [0.29, 0.717) is 15.4 Å². The minimum absolute atomic E-state index is 0.133. The number of hydrogen-bond donors (Lipinski definition) is 1. The molecule has 3 aromatic rings. The Kier molecular flexibility index (Phi) is 3.90. The van der Waals surface area contributed by atoms with Gasteiger partial charge < -0.3 is 9.84 Å². The van der Waals surface area contributed by atoms with Crippen molar-refractivity contribution in [1.82, 2.24) is 8.54 Å². The largest absolute Gasteiger partial charge is 0.497 e. The maximum absolute atomic E-state index is 12.7. The van der Waals surface area contributed by atoms with E-state index in [1.165, 1.54) is 31.4 Å². The molecule has 3 rings (SSSR count). The van der Waals surface area contributed by atoms with Crippen molar-refractivity contribution >= 4 is 10.0 Å². The number of aromatic hydroxyl groups is 1. The minimum Gasteiger partial charge on any atom is -0.497 e. The molecule has 2 aromatic carbocycles. The van der Waals surface area contributed by atoms with Gasteiger partial charge in [-0.2, -0.15) is 0 Å². The predicted molar refractivity (Wildman–Crippen MR) is 87.3 cm³/mol. The molecule has 0 spiro atoms. The molecule has 124 valence electrons. The summed E-state index contributed by atoms with van der Waals surface area (Å²) in [6, 6.07) is 14.0. The van der Waals surface area contributed by atoms with Crippen molar-refractivity contribution in [1.29, 1.82) is 0 Å². The first-order chi connectivity index (χ1) is 11.4. The maximum Gasteiger partial charge on any atom is 0.350 e. The summed E-state index contributed by atoms with van der Waals surface area (Å²) in [5.74, 6) is -0.188. The molecule has 0 aliphatic heterocycles. The molecule has 1 heterocycles. The number of rotatable bonds is 4. The molecule has 0 atom stereocenters. The van der Waals surface area contributed by atoms with Crippen LogP contribution in [-0.2, 0) is 10.0 Å². The lowest BCUT2D eigenvalue weighted by atomic mass is 10.3. The van der Waals surface area contributed by atoms with Crippen LogP contribution < -0.4 is 10.4 Å². The van der Waals surface area contributed by atoms with Crippen molar-refractivity contribution in [3.05, 3.63) is 71.3 Å². The third-order valence-electron chi connectivity index (χ3n) is 3.46. The second-order valence-corrected chi connectivity index (χ2v) is 6.71. The van der Waals surface area contributed by atoms with Gasteiger partial charge in [0.05, 0.1) is 23.9 Å². The Morgan fingerprint density at radius 2 is 1.62 bits per heavy atom. The van der Waals surface area contributed by atoms with Crippen LogP contribution in [0.15, 0.2) is 70.5 Å². The van der Waals surface area contributed by atoms with Crippen LogP contribution in [0, 0.1) is 0 Å². The molecule has 8 heteroatoms. The molecule has 0 unspecified atom stereocenters. The summed E-state index contributed by atoms with van der Waals surface area (Å²) in [4.78, 5) is 12.4. The Hall–Kier alpha value is -3.00. The van der Waals surface area contributed by atoms with Crippen molar-refractivity contribution in [2.24, 2.45) is 0 Å². The maximum atomic E-state index is 12.7. The molecular formula is C16H14N2O5S. The third-order valence-corrected chi connectivity index (χ3v) is 5.16. The van der Waals surface area contributed by atoms with Crippen LogP contribution in [-0.4, -0.2) is 29.2 Å². The highest BCUT2D eigenvalue weighted by atomic mass is 32.2. The van der Waals surface area contributed by atoms with Crippen LogP contribution >= 0.6 is 0 Å². The lowest BCUT2D eigenvalue weighted by Gasteiger charge is -2.06. The second kappa shape index (κ2) is 5.89. The number of methoxy groups -OCH3 is 1. The van der Waals surface area contributed by atoms with Crippen LogP contribution in [0.1, 0.15) is 0 Å². The van der Waals surface area contributed by atoms with Gasteiger partial charge in [0.15, 0.2) is 0 Å². The zero-order valence-corrected chi connectivity index (χ0v) is 13.5. The van der Waals surface area contributed by atoms with E-state index < -0.39 is 21.6 Å². The summed E-state index contributed by atoms with van der Waals surface area (Å²) in [5.41, 5.74) is -0.434. The van der Waals surface area contributed by atoms with Gasteiger partial charge in [0.25, 0.3) is 10.0 Å². The molecule has 0 saturated heterocycles. The molecule has 0 bridgehead atoms. The van der Waals surface area contributed by atoms with Crippen LogP contribution in [0.4, 0.5) is 0 Å². The first-order valence-corrected chi connectivity index (χ1v) is 8.37. The zero-order chi connectivity index (χ0) is 17.3. The summed E-state index contributed by atoms with van der Waals surface area (Å²) >= 11 is 0. The van der Waals surface area contributed by atoms with Crippen LogP contribution in [0.3, 0.4) is 0 Å². The quantitative estimate of drug-likeness (QED) is 0.775. The van der Waals surface area contributed by atoms with Gasteiger partial charge in [0.2, 0.25) is 5.88 Å². The zero-order valence-electron chi connectivity index (χ0n) is 12.7. The Bertz CT molecular complexity index is 1020. The highest BCUT2D eigenvalue weighted by Gasteiger charge is 2.25. The monoisotopic (exact) mass is 346 g/mol. The van der Waals surface area contributed by atoms with Gasteiger partial charge in [-0.15, -0.1) is 3.97 Å². The van der Waals surface area contributed by atoms with Crippen molar-refractivity contribution in [3.63, 3.8) is 0 Å². The number of para-hydroxylation sites is 1. The molecule has 0 aliphatic carbocycles. The Labute approximate surface area is 138 Å². The molecule has 7 nitrogen and oxygen atoms in total. The van der Waals surface area contributed by atoms with Gasteiger partial charge in [-0.05, 0) is 36.4 Å². The molecule has 0 radical (unpaired) electrons. The SMILES string of the molecule is COc1ccc(S(=O)(=O)n2c(O)cn(-c3ccccc3)c2=O)cc1. The summed E-state index contributed by atoms with van der Waals surface area (Å²) in [7, 11) is -2.78. The van der Waals surface area contributed by atoms with E-state index in [2.05, 4.69) is 0 Å². The second-order valence-electron chi connectivity index (χ2n) is 4.92. The number of aromatic nitrogens is 2. The van der Waals surface area contributed by atoms with E-state index in [1.807, 2.05) is 0 Å². The third kappa shape index (κ3) is 2.56. The van der Waals surface area contributed by atoms with E-state index in [4.69, 9.17) is 4.74 Å². The smallest absolute Gasteiger partial charge is 0.350 e. The molecule has 1 aromatic heterocycles. The van der Waals surface area contributed by atoms with Crippen molar-refractivity contribution < 1.29 is 18.3 Å². The fraction of sp³-hybridized carbons (Fsp3) is 0.0625. The molecule has 1 N–H and O–H groups in total. The van der Waals surface area contributed by atoms with E-state index in [9.17, 15) is 18.3 Å². The number of imidazole rings is 1. The van der Waals surface area contributed by atoms with Gasteiger partial charge in [-0.3, -0.25) is 4.57 Å². The molecular weight excluding hydrogens is 332 g/mol. The normalized spacial score (nSPS) is 11.4. The Balaban J connectivity index is 2.15. The van der Waals surface area contributed by atoms with Gasteiger partial charge in [0.1, 0.15) is 5.75 Å². The number of hydrogen-bond acceptors (Lipinski definition) is 5. The molecule has 0 fully saturated rings. The van der Waals surface area contributed by atoms with E-state index >= 15 is 0 Å². The number of benzene rings is 2. The van der Waals surface area contributed by atoms with Crippen LogP contribution in [0.5, 0.6) is 11.6 Å². The van der Waals surface area contributed by atoms with E-state index in [0.717, 1.165) is 10.8 Å². The Morgan fingerprint density at radius 1 is 1.00 bits per heavy atom. The molecule has 0 saturated carbocycles. The lowest BCUT2D eigenvalue weighted by Crippen LogP contribution is -2.28. The molecule has 0 aliphatic rings. The highest BCUT2D eigenvalue weighted by Crippen LogP contribution is 2.21. The van der Waals surface area contributed by atoms with Crippen LogP contribution in [0.25, 0.3) is 5.69 Å². The van der Waals surface area contributed by atoms with Gasteiger partial charge in [0, 0.05) is 0 Å². The fourth-order valence-corrected chi connectivity index (χ4v) is 3.55. The van der Waals surface area contributed by atoms with E-state index in [1.54, 1.807) is 30.3 Å². The van der Waals surface area contributed by atoms with Gasteiger partial charge >= 0.3 is 5.69 Å². The van der Waals surface area contributed by atoms with Crippen molar-refractivity contribution in [2.75, 3.05) is 7.11 Å². The lowest BCUT2D eigenvalue weighted by molar-refractivity contribution is 0.414. The van der Waals surface area contributed by atoms with E-state index in [-0.39, 0.29) is 4.90 Å². The molecule has 0 amide bonds. The topological polar surface area (TPSA) is 90.5 Å². The van der Waals surface area contributed by atoms with Crippen molar-refractivity contribution in [2.45, 2.75) is 4.90 Å². The molecule has 24 heavy (non-hydrogen) atoms. The first-order valence-electron chi connectivity index (χ1n) is 6.93. The summed E-state index contributed by atoms with van der Waals surface area (Å²) in [6.45, 7) is 0. The summed E-state index contributed by atoms with van der Waals surface area (Å²) in [5, 5.41) is 10.0. The summed E-state index contributed by atoms with van der Waals surface area (Å²) < 4.78 is 31.7. The standard InChI is InChI=1S/C16H14N2O5S/c1-23-13-7-9-14(10-8-13)24(21,22)18-15(19)11-17(16(18)20)12-5-3-2-4-6-12/h2-11,19H,1H3. The average Bonchev–Trinajstić information content (AvgIpc) is 2.90. The summed E-state index contributed by atoms with van der Waals surface area (Å²) in [6.07, 6.45) is 1.07. The highest BCUT2D eigenvalue weighted by molar-refractivity contribution is 7.90. The fourth-order valence-electron chi connectivity index (χ4n) is 2.27. The number of ether oxygens (including phenoxy) is 1. The van der Waals surface area contributed by atoms with Gasteiger partial charge in [-0.25, -0.2) is 13.2 Å². The first kappa shape index (κ1) is 15.9. The number of nitrogens with zero attached hydrogens (tertiary/aromatic N) is 2.